The average Bonchev–Trinajstić information content (AvgIpc) is 2.47. The van der Waals surface area contributed by atoms with Crippen LogP contribution < -0.4 is 5.73 Å². The maximum absolute atomic E-state index is 6.19. The first-order valence-corrected chi connectivity index (χ1v) is 8.86. The van der Waals surface area contributed by atoms with Gasteiger partial charge in [-0.05, 0) is 72.1 Å². The Morgan fingerprint density at radius 2 is 2.05 bits per heavy atom. The second kappa shape index (κ2) is 5.43. The molecule has 116 valence electrons. The summed E-state index contributed by atoms with van der Waals surface area (Å²) in [5, 5.41) is 0. The van der Waals surface area contributed by atoms with Crippen LogP contribution in [0.4, 0.5) is 0 Å². The van der Waals surface area contributed by atoms with Gasteiger partial charge in [0.05, 0.1) is 0 Å². The molecule has 1 fully saturated rings. The second-order valence-corrected chi connectivity index (χ2v) is 7.96. The zero-order chi connectivity index (χ0) is 15.1. The molecule has 2 aliphatic rings. The van der Waals surface area contributed by atoms with Gasteiger partial charge < -0.3 is 5.73 Å². The number of nitrogens with two attached hydrogens (primary N) is 1. The Morgan fingerprint density at radius 3 is 2.76 bits per heavy atom. The van der Waals surface area contributed by atoms with Gasteiger partial charge in [-0.2, -0.15) is 0 Å². The smallest absolute Gasteiger partial charge is 0.00202 e. The SMILES string of the molecule is CCCc1ccc2c(c1)CC[C@@H]1[C@](C)(CN)CCC[C@]21C. The maximum atomic E-state index is 6.19. The predicted octanol–water partition coefficient (Wildman–Crippen LogP) is 4.61. The Labute approximate surface area is 130 Å². The van der Waals surface area contributed by atoms with Crippen molar-refractivity contribution in [2.45, 2.75) is 71.1 Å². The van der Waals surface area contributed by atoms with E-state index in [9.17, 15) is 0 Å². The van der Waals surface area contributed by atoms with Crippen LogP contribution in [0.15, 0.2) is 18.2 Å². The average molecular weight is 285 g/mol. The summed E-state index contributed by atoms with van der Waals surface area (Å²) in [7, 11) is 0. The van der Waals surface area contributed by atoms with Crippen molar-refractivity contribution in [3.63, 3.8) is 0 Å². The lowest BCUT2D eigenvalue weighted by atomic mass is 9.50. The molecule has 1 heteroatoms. The molecule has 0 aromatic heterocycles. The first kappa shape index (κ1) is 15.1. The zero-order valence-corrected chi connectivity index (χ0v) is 14.0. The van der Waals surface area contributed by atoms with Gasteiger partial charge in [-0.3, -0.25) is 0 Å². The molecule has 1 aromatic rings. The van der Waals surface area contributed by atoms with Crippen molar-refractivity contribution in [3.8, 4) is 0 Å². The molecular weight excluding hydrogens is 254 g/mol. The fourth-order valence-corrected chi connectivity index (χ4v) is 5.37. The van der Waals surface area contributed by atoms with E-state index in [1.807, 2.05) is 0 Å². The summed E-state index contributed by atoms with van der Waals surface area (Å²) in [4.78, 5) is 0. The van der Waals surface area contributed by atoms with E-state index >= 15 is 0 Å². The van der Waals surface area contributed by atoms with Gasteiger partial charge in [0.15, 0.2) is 0 Å². The highest BCUT2D eigenvalue weighted by molar-refractivity contribution is 5.41. The number of fused-ring (bicyclic) bond motifs is 3. The summed E-state index contributed by atoms with van der Waals surface area (Å²) >= 11 is 0. The number of benzene rings is 1. The quantitative estimate of drug-likeness (QED) is 0.862. The Bertz CT molecular complexity index is 521. The molecule has 3 atom stereocenters. The van der Waals surface area contributed by atoms with E-state index in [0.29, 0.717) is 10.8 Å². The first-order chi connectivity index (χ1) is 10.0. The summed E-state index contributed by atoms with van der Waals surface area (Å²) in [5.74, 6) is 0.758. The lowest BCUT2D eigenvalue weighted by molar-refractivity contribution is 0.0327. The van der Waals surface area contributed by atoms with Crippen molar-refractivity contribution in [2.75, 3.05) is 6.54 Å². The molecule has 1 saturated carbocycles. The topological polar surface area (TPSA) is 26.0 Å². The van der Waals surface area contributed by atoms with Crippen molar-refractivity contribution in [2.24, 2.45) is 17.1 Å². The van der Waals surface area contributed by atoms with Gasteiger partial charge in [-0.25, -0.2) is 0 Å². The number of aryl methyl sites for hydroxylation is 2. The molecule has 2 aliphatic carbocycles. The van der Waals surface area contributed by atoms with Crippen LogP contribution in [0, 0.1) is 11.3 Å². The van der Waals surface area contributed by atoms with Gasteiger partial charge in [-0.15, -0.1) is 0 Å². The molecule has 2 N–H and O–H groups in total. The van der Waals surface area contributed by atoms with Gasteiger partial charge in [0.25, 0.3) is 0 Å². The second-order valence-electron chi connectivity index (χ2n) is 7.96. The fourth-order valence-electron chi connectivity index (χ4n) is 5.37. The minimum Gasteiger partial charge on any atom is -0.330 e. The van der Waals surface area contributed by atoms with Crippen molar-refractivity contribution in [1.82, 2.24) is 0 Å². The summed E-state index contributed by atoms with van der Waals surface area (Å²) in [6, 6.07) is 7.33. The largest absolute Gasteiger partial charge is 0.330 e. The summed E-state index contributed by atoms with van der Waals surface area (Å²) in [5.41, 5.74) is 11.7. The van der Waals surface area contributed by atoms with Gasteiger partial charge in [0.1, 0.15) is 0 Å². The summed E-state index contributed by atoms with van der Waals surface area (Å²) in [6.45, 7) is 8.06. The van der Waals surface area contributed by atoms with Crippen molar-refractivity contribution in [3.05, 3.63) is 34.9 Å². The Morgan fingerprint density at radius 1 is 1.24 bits per heavy atom. The lowest BCUT2D eigenvalue weighted by Gasteiger charge is -2.55. The molecule has 21 heavy (non-hydrogen) atoms. The Balaban J connectivity index is 2.01. The molecule has 0 spiro atoms. The molecule has 1 aromatic carbocycles. The first-order valence-electron chi connectivity index (χ1n) is 8.86. The van der Waals surface area contributed by atoms with Crippen LogP contribution in [0.1, 0.15) is 69.6 Å². The van der Waals surface area contributed by atoms with E-state index in [1.54, 1.807) is 11.1 Å². The third kappa shape index (κ3) is 2.34. The van der Waals surface area contributed by atoms with Crippen LogP contribution >= 0.6 is 0 Å². The standard InChI is InChI=1S/C20H31N/c1-4-6-15-7-9-17-16(13-15)8-10-18-19(2,14-21)11-5-12-20(17,18)3/h7,9,13,18H,4-6,8,10-12,14,21H2,1-3H3/t18-,19+,20-/m1/s1. The predicted molar refractivity (Wildman–Crippen MR) is 90.6 cm³/mol. The molecule has 0 heterocycles. The highest BCUT2D eigenvalue weighted by Crippen LogP contribution is 2.56. The van der Waals surface area contributed by atoms with E-state index in [0.717, 1.165) is 12.5 Å². The molecule has 0 bridgehead atoms. The fraction of sp³-hybridized carbons (Fsp3) is 0.700. The molecule has 0 saturated heterocycles. The minimum absolute atomic E-state index is 0.340. The molecule has 1 nitrogen and oxygen atoms in total. The molecule has 0 amide bonds. The third-order valence-electron chi connectivity index (χ3n) is 6.55. The van der Waals surface area contributed by atoms with Gasteiger partial charge >= 0.3 is 0 Å². The van der Waals surface area contributed by atoms with Crippen LogP contribution in [0.5, 0.6) is 0 Å². The molecule has 3 rings (SSSR count). The zero-order valence-electron chi connectivity index (χ0n) is 14.0. The minimum atomic E-state index is 0.340. The van der Waals surface area contributed by atoms with Crippen LogP contribution in [-0.4, -0.2) is 6.54 Å². The molecule has 0 radical (unpaired) electrons. The van der Waals surface area contributed by atoms with Crippen LogP contribution in [0.2, 0.25) is 0 Å². The van der Waals surface area contributed by atoms with Gasteiger partial charge in [-0.1, -0.05) is 51.8 Å². The van der Waals surface area contributed by atoms with E-state index in [1.165, 1.54) is 50.5 Å². The van der Waals surface area contributed by atoms with E-state index in [4.69, 9.17) is 5.73 Å². The lowest BCUT2D eigenvalue weighted by Crippen LogP contribution is -2.51. The third-order valence-corrected chi connectivity index (χ3v) is 6.55. The maximum Gasteiger partial charge on any atom is -0.00202 e. The monoisotopic (exact) mass is 285 g/mol. The molecular formula is C20H31N. The van der Waals surface area contributed by atoms with Crippen LogP contribution in [0.3, 0.4) is 0 Å². The number of hydrogen-bond acceptors (Lipinski definition) is 1. The number of rotatable bonds is 3. The summed E-state index contributed by atoms with van der Waals surface area (Å²) < 4.78 is 0. The van der Waals surface area contributed by atoms with E-state index in [-0.39, 0.29) is 0 Å². The Hall–Kier alpha value is -0.820. The van der Waals surface area contributed by atoms with Crippen molar-refractivity contribution >= 4 is 0 Å². The highest BCUT2D eigenvalue weighted by atomic mass is 14.7. The molecule has 0 aliphatic heterocycles. The van der Waals surface area contributed by atoms with Gasteiger partial charge in [0.2, 0.25) is 0 Å². The Kier molecular flexibility index (Phi) is 3.90. The van der Waals surface area contributed by atoms with E-state index in [2.05, 4.69) is 39.0 Å². The number of hydrogen-bond donors (Lipinski definition) is 1. The van der Waals surface area contributed by atoms with Gasteiger partial charge in [0, 0.05) is 0 Å². The van der Waals surface area contributed by atoms with Crippen LogP contribution in [-0.2, 0) is 18.3 Å². The summed E-state index contributed by atoms with van der Waals surface area (Å²) in [6.07, 6.45) is 9.02. The van der Waals surface area contributed by atoms with E-state index < -0.39 is 0 Å². The van der Waals surface area contributed by atoms with Crippen molar-refractivity contribution < 1.29 is 0 Å². The van der Waals surface area contributed by atoms with Crippen molar-refractivity contribution in [1.29, 1.82) is 0 Å². The normalized spacial score (nSPS) is 35.1. The molecule has 0 unspecified atom stereocenters. The van der Waals surface area contributed by atoms with Crippen LogP contribution in [0.25, 0.3) is 0 Å². The highest BCUT2D eigenvalue weighted by Gasteiger charge is 2.50.